The first-order valence-corrected chi connectivity index (χ1v) is 9.34. The van der Waals surface area contributed by atoms with Crippen LogP contribution in [0.1, 0.15) is 52.8 Å². The van der Waals surface area contributed by atoms with Crippen LogP contribution in [0.15, 0.2) is 30.5 Å². The number of aromatic nitrogens is 2. The van der Waals surface area contributed by atoms with Gasteiger partial charge in [0.25, 0.3) is 0 Å². The zero-order valence-electron chi connectivity index (χ0n) is 15.3. The molecule has 0 saturated carbocycles. The Morgan fingerprint density at radius 2 is 1.93 bits per heavy atom. The number of para-hydroxylation sites is 1. The van der Waals surface area contributed by atoms with Crippen molar-refractivity contribution in [1.82, 2.24) is 14.7 Å². The van der Waals surface area contributed by atoms with Gasteiger partial charge in [-0.3, -0.25) is 9.48 Å². The van der Waals surface area contributed by atoms with Gasteiger partial charge in [0.05, 0.1) is 30.5 Å². The molecule has 1 fully saturated rings. The molecule has 3 heterocycles. The molecule has 1 unspecified atom stereocenters. The van der Waals surface area contributed by atoms with Crippen LogP contribution < -0.4 is 4.74 Å². The number of piperidine rings is 1. The van der Waals surface area contributed by atoms with E-state index in [4.69, 9.17) is 4.74 Å². The van der Waals surface area contributed by atoms with Crippen LogP contribution in [0.4, 0.5) is 0 Å². The number of amides is 1. The molecular formula is C20H23N3O4. The quantitative estimate of drug-likeness (QED) is 0.899. The highest BCUT2D eigenvalue weighted by Crippen LogP contribution is 2.35. The first kappa shape index (κ1) is 17.6. The van der Waals surface area contributed by atoms with Crippen LogP contribution in [0.25, 0.3) is 0 Å². The van der Waals surface area contributed by atoms with Crippen molar-refractivity contribution in [2.75, 3.05) is 19.7 Å². The predicted molar refractivity (Wildman–Crippen MR) is 98.1 cm³/mol. The van der Waals surface area contributed by atoms with Gasteiger partial charge in [-0.2, -0.15) is 5.10 Å². The summed E-state index contributed by atoms with van der Waals surface area (Å²) in [5.74, 6) is -0.126. The first-order chi connectivity index (χ1) is 13.1. The summed E-state index contributed by atoms with van der Waals surface area (Å²) < 4.78 is 7.47. The Bertz CT molecular complexity index is 868. The molecule has 142 valence electrons. The van der Waals surface area contributed by atoms with E-state index in [2.05, 4.69) is 5.10 Å². The number of hydrogen-bond donors (Lipinski definition) is 1. The molecule has 7 nitrogen and oxygen atoms in total. The van der Waals surface area contributed by atoms with Gasteiger partial charge in [0.1, 0.15) is 11.3 Å². The number of rotatable bonds is 3. The Labute approximate surface area is 157 Å². The molecular weight excluding hydrogens is 346 g/mol. The van der Waals surface area contributed by atoms with Gasteiger partial charge < -0.3 is 14.7 Å². The van der Waals surface area contributed by atoms with E-state index in [-0.39, 0.29) is 23.4 Å². The van der Waals surface area contributed by atoms with E-state index in [1.807, 2.05) is 29.2 Å². The van der Waals surface area contributed by atoms with Crippen LogP contribution in [-0.2, 0) is 4.79 Å². The maximum atomic E-state index is 13.1. The van der Waals surface area contributed by atoms with E-state index >= 15 is 0 Å². The third-order valence-electron chi connectivity index (χ3n) is 5.65. The molecule has 1 amide bonds. The van der Waals surface area contributed by atoms with Crippen molar-refractivity contribution in [2.24, 2.45) is 0 Å². The highest BCUT2D eigenvalue weighted by Gasteiger charge is 2.33. The molecule has 4 rings (SSSR count). The zero-order valence-corrected chi connectivity index (χ0v) is 15.3. The standard InChI is InChI=1S/C20H23N3O4/c1-13-17(20(25)26)12-21-23(13)14-6-9-22(10-7-14)19(24)16-8-11-27-18-5-3-2-4-15(16)18/h2-5,12,14,16H,6-11H2,1H3,(H,25,26). The number of carbonyl (C=O) groups is 2. The van der Waals surface area contributed by atoms with Crippen molar-refractivity contribution in [3.05, 3.63) is 47.3 Å². The lowest BCUT2D eigenvalue weighted by Gasteiger charge is -2.36. The average molecular weight is 369 g/mol. The van der Waals surface area contributed by atoms with E-state index in [0.717, 1.165) is 24.2 Å². The van der Waals surface area contributed by atoms with Gasteiger partial charge in [-0.25, -0.2) is 4.79 Å². The molecule has 2 aliphatic heterocycles. The molecule has 1 aromatic heterocycles. The van der Waals surface area contributed by atoms with Crippen molar-refractivity contribution in [3.63, 3.8) is 0 Å². The normalized spacial score (nSPS) is 20.0. The van der Waals surface area contributed by atoms with Crippen LogP contribution in [0, 0.1) is 6.92 Å². The number of likely N-dealkylation sites (tertiary alicyclic amines) is 1. The van der Waals surface area contributed by atoms with Crippen molar-refractivity contribution >= 4 is 11.9 Å². The predicted octanol–water partition coefficient (Wildman–Crippen LogP) is 2.62. The third kappa shape index (κ3) is 3.18. The van der Waals surface area contributed by atoms with E-state index < -0.39 is 5.97 Å². The maximum absolute atomic E-state index is 13.1. The summed E-state index contributed by atoms with van der Waals surface area (Å²) in [4.78, 5) is 26.2. The number of ether oxygens (including phenoxy) is 1. The average Bonchev–Trinajstić information content (AvgIpc) is 3.09. The number of aromatic carboxylic acids is 1. The summed E-state index contributed by atoms with van der Waals surface area (Å²) in [6.45, 7) is 3.66. The molecule has 1 N–H and O–H groups in total. The molecule has 1 aromatic carbocycles. The van der Waals surface area contributed by atoms with Gasteiger partial charge in [-0.05, 0) is 32.3 Å². The second-order valence-electron chi connectivity index (χ2n) is 7.18. The highest BCUT2D eigenvalue weighted by molar-refractivity contribution is 5.88. The van der Waals surface area contributed by atoms with Crippen LogP contribution in [0.5, 0.6) is 5.75 Å². The molecule has 2 aromatic rings. The van der Waals surface area contributed by atoms with Crippen molar-refractivity contribution in [3.8, 4) is 5.75 Å². The number of hydrogen-bond acceptors (Lipinski definition) is 4. The highest BCUT2D eigenvalue weighted by atomic mass is 16.5. The second-order valence-corrected chi connectivity index (χ2v) is 7.18. The SMILES string of the molecule is Cc1c(C(=O)O)cnn1C1CCN(C(=O)C2CCOc3ccccc32)CC1. The fraction of sp³-hybridized carbons (Fsp3) is 0.450. The molecule has 2 aliphatic rings. The second kappa shape index (κ2) is 7.06. The van der Waals surface area contributed by atoms with E-state index in [9.17, 15) is 14.7 Å². The van der Waals surface area contributed by atoms with Crippen LogP contribution in [0.3, 0.4) is 0 Å². The summed E-state index contributed by atoms with van der Waals surface area (Å²) in [7, 11) is 0. The van der Waals surface area contributed by atoms with Gasteiger partial charge in [0, 0.05) is 18.7 Å². The monoisotopic (exact) mass is 369 g/mol. The van der Waals surface area contributed by atoms with Crippen molar-refractivity contribution in [1.29, 1.82) is 0 Å². The lowest BCUT2D eigenvalue weighted by Crippen LogP contribution is -2.42. The van der Waals surface area contributed by atoms with Crippen LogP contribution in [-0.4, -0.2) is 51.4 Å². The zero-order chi connectivity index (χ0) is 19.0. The van der Waals surface area contributed by atoms with Gasteiger partial charge in [-0.15, -0.1) is 0 Å². The Balaban J connectivity index is 1.44. The number of carboxylic acids is 1. The molecule has 0 aliphatic carbocycles. The number of carbonyl (C=O) groups excluding carboxylic acids is 1. The minimum Gasteiger partial charge on any atom is -0.493 e. The minimum atomic E-state index is -0.954. The van der Waals surface area contributed by atoms with E-state index in [1.54, 1.807) is 11.6 Å². The Morgan fingerprint density at radius 3 is 2.63 bits per heavy atom. The number of nitrogens with zero attached hydrogens (tertiary/aromatic N) is 3. The first-order valence-electron chi connectivity index (χ1n) is 9.34. The molecule has 7 heteroatoms. The Hall–Kier alpha value is -2.83. The fourth-order valence-electron chi connectivity index (χ4n) is 4.15. The van der Waals surface area contributed by atoms with Gasteiger partial charge in [-0.1, -0.05) is 18.2 Å². The van der Waals surface area contributed by atoms with Gasteiger partial charge >= 0.3 is 5.97 Å². The van der Waals surface area contributed by atoms with E-state index in [0.29, 0.717) is 31.8 Å². The molecule has 0 bridgehead atoms. The van der Waals surface area contributed by atoms with Crippen LogP contribution >= 0.6 is 0 Å². The lowest BCUT2D eigenvalue weighted by atomic mass is 9.91. The summed E-state index contributed by atoms with van der Waals surface area (Å²) in [6.07, 6.45) is 3.67. The minimum absolute atomic E-state index is 0.129. The number of carboxylic acid groups (broad SMARTS) is 1. The molecule has 0 radical (unpaired) electrons. The molecule has 1 saturated heterocycles. The summed E-state index contributed by atoms with van der Waals surface area (Å²) in [5.41, 5.74) is 1.89. The molecule has 1 atom stereocenters. The van der Waals surface area contributed by atoms with Crippen LogP contribution in [0.2, 0.25) is 0 Å². The van der Waals surface area contributed by atoms with Crippen molar-refractivity contribution in [2.45, 2.75) is 38.1 Å². The van der Waals surface area contributed by atoms with Gasteiger partial charge in [0.15, 0.2) is 0 Å². The smallest absolute Gasteiger partial charge is 0.339 e. The fourth-order valence-corrected chi connectivity index (χ4v) is 4.15. The number of benzene rings is 1. The molecule has 27 heavy (non-hydrogen) atoms. The molecule has 0 spiro atoms. The van der Waals surface area contributed by atoms with Gasteiger partial charge in [0.2, 0.25) is 5.91 Å². The lowest BCUT2D eigenvalue weighted by molar-refractivity contribution is -0.134. The maximum Gasteiger partial charge on any atom is 0.339 e. The Kier molecular flexibility index (Phi) is 4.59. The van der Waals surface area contributed by atoms with E-state index in [1.165, 1.54) is 6.20 Å². The summed E-state index contributed by atoms with van der Waals surface area (Å²) in [5, 5.41) is 13.5. The number of fused-ring (bicyclic) bond motifs is 1. The van der Waals surface area contributed by atoms with Crippen molar-refractivity contribution < 1.29 is 19.4 Å². The summed E-state index contributed by atoms with van der Waals surface area (Å²) in [6, 6.07) is 7.89. The Morgan fingerprint density at radius 1 is 1.19 bits per heavy atom. The summed E-state index contributed by atoms with van der Waals surface area (Å²) >= 11 is 0. The largest absolute Gasteiger partial charge is 0.493 e. The topological polar surface area (TPSA) is 84.7 Å². The third-order valence-corrected chi connectivity index (χ3v) is 5.65.